The summed E-state index contributed by atoms with van der Waals surface area (Å²) in [4.78, 5) is 3.97. The number of nitrogens with zero attached hydrogens (tertiary/aromatic N) is 1. The Morgan fingerprint density at radius 3 is 2.72 bits per heavy atom. The molecule has 0 aliphatic carbocycles. The molecule has 1 unspecified atom stereocenters. The maximum Gasteiger partial charge on any atom is 0.126 e. The van der Waals surface area contributed by atoms with Crippen LogP contribution in [0.4, 0.5) is 5.82 Å². The summed E-state index contributed by atoms with van der Waals surface area (Å²) in [5, 5.41) is 11.0. The molecule has 0 amide bonds. The van der Waals surface area contributed by atoms with Crippen molar-refractivity contribution in [2.24, 2.45) is 0 Å². The third-order valence-corrected chi connectivity index (χ3v) is 3.51. The summed E-state index contributed by atoms with van der Waals surface area (Å²) in [7, 11) is 0. The molecule has 0 bridgehead atoms. The van der Waals surface area contributed by atoms with Gasteiger partial charge < -0.3 is 10.8 Å². The lowest BCUT2D eigenvalue weighted by Gasteiger charge is -2.14. The van der Waals surface area contributed by atoms with Crippen LogP contribution < -0.4 is 5.73 Å². The smallest absolute Gasteiger partial charge is 0.126 e. The van der Waals surface area contributed by atoms with Crippen molar-refractivity contribution in [3.63, 3.8) is 0 Å². The van der Waals surface area contributed by atoms with E-state index < -0.39 is 6.10 Å². The molecule has 0 fully saturated rings. The Morgan fingerprint density at radius 2 is 2.00 bits per heavy atom. The predicted molar refractivity (Wildman–Crippen MR) is 73.8 cm³/mol. The molecule has 1 aromatic heterocycles. The zero-order chi connectivity index (χ0) is 13.1. The van der Waals surface area contributed by atoms with Crippen LogP contribution in [0.3, 0.4) is 0 Å². The Morgan fingerprint density at radius 1 is 1.22 bits per heavy atom. The average molecular weight is 283 g/mol. The van der Waals surface area contributed by atoms with E-state index in [2.05, 4.69) is 4.98 Å². The number of nitrogens with two attached hydrogens (primary N) is 1. The zero-order valence-electron chi connectivity index (χ0n) is 9.48. The highest BCUT2D eigenvalue weighted by Crippen LogP contribution is 2.31. The van der Waals surface area contributed by atoms with Gasteiger partial charge >= 0.3 is 0 Å². The van der Waals surface area contributed by atoms with E-state index in [1.807, 2.05) is 6.07 Å². The SMILES string of the molecule is Nc1ncccc1CC(O)c1cccc(Cl)c1Cl. The average Bonchev–Trinajstić information content (AvgIpc) is 2.35. The highest BCUT2D eigenvalue weighted by atomic mass is 35.5. The molecule has 2 rings (SSSR count). The van der Waals surface area contributed by atoms with E-state index in [1.54, 1.807) is 30.5 Å². The van der Waals surface area contributed by atoms with Gasteiger partial charge in [0.15, 0.2) is 0 Å². The van der Waals surface area contributed by atoms with Crippen molar-refractivity contribution in [3.8, 4) is 0 Å². The molecule has 3 nitrogen and oxygen atoms in total. The van der Waals surface area contributed by atoms with Crippen LogP contribution in [-0.2, 0) is 6.42 Å². The summed E-state index contributed by atoms with van der Waals surface area (Å²) < 4.78 is 0. The molecule has 0 aliphatic heterocycles. The van der Waals surface area contributed by atoms with E-state index in [-0.39, 0.29) is 0 Å². The highest BCUT2D eigenvalue weighted by Gasteiger charge is 2.15. The van der Waals surface area contributed by atoms with E-state index in [1.165, 1.54) is 0 Å². The fourth-order valence-corrected chi connectivity index (χ4v) is 2.15. The van der Waals surface area contributed by atoms with Gasteiger partial charge in [0.25, 0.3) is 0 Å². The van der Waals surface area contributed by atoms with Crippen molar-refractivity contribution < 1.29 is 5.11 Å². The summed E-state index contributed by atoms with van der Waals surface area (Å²) in [5.74, 6) is 0.412. The second-order valence-corrected chi connectivity index (χ2v) is 4.70. The Labute approximate surface area is 115 Å². The third kappa shape index (κ3) is 2.75. The van der Waals surface area contributed by atoms with Crippen molar-refractivity contribution >= 4 is 29.0 Å². The molecule has 0 radical (unpaired) electrons. The number of nitrogen functional groups attached to an aromatic ring is 1. The van der Waals surface area contributed by atoms with Crippen molar-refractivity contribution in [2.75, 3.05) is 5.73 Å². The van der Waals surface area contributed by atoms with E-state index in [0.29, 0.717) is 27.8 Å². The lowest BCUT2D eigenvalue weighted by Crippen LogP contribution is -2.06. The van der Waals surface area contributed by atoms with Gasteiger partial charge in [-0.05, 0) is 17.7 Å². The molecular weight excluding hydrogens is 271 g/mol. The van der Waals surface area contributed by atoms with Gasteiger partial charge in [0.2, 0.25) is 0 Å². The Kier molecular flexibility index (Phi) is 4.07. The molecule has 5 heteroatoms. The first-order chi connectivity index (χ1) is 8.59. The summed E-state index contributed by atoms with van der Waals surface area (Å²) in [6.07, 6.45) is 1.19. The van der Waals surface area contributed by atoms with Crippen molar-refractivity contribution in [2.45, 2.75) is 12.5 Å². The molecule has 3 N–H and O–H groups in total. The summed E-state index contributed by atoms with van der Waals surface area (Å²) in [6, 6.07) is 8.77. The number of aliphatic hydroxyl groups is 1. The van der Waals surface area contributed by atoms with Crippen molar-refractivity contribution in [1.82, 2.24) is 4.98 Å². The number of halogens is 2. The fraction of sp³-hybridized carbons (Fsp3) is 0.154. The lowest BCUT2D eigenvalue weighted by molar-refractivity contribution is 0.178. The maximum absolute atomic E-state index is 10.2. The predicted octanol–water partition coefficient (Wildman–Crippen LogP) is 3.25. The van der Waals surface area contributed by atoms with Gasteiger partial charge in [-0.2, -0.15) is 0 Å². The van der Waals surface area contributed by atoms with Gasteiger partial charge in [0.1, 0.15) is 5.82 Å². The first-order valence-electron chi connectivity index (χ1n) is 5.41. The molecule has 2 aromatic rings. The number of benzene rings is 1. The minimum absolute atomic E-state index is 0.347. The minimum atomic E-state index is -0.761. The van der Waals surface area contributed by atoms with Crippen LogP contribution in [0.2, 0.25) is 10.0 Å². The van der Waals surface area contributed by atoms with E-state index in [9.17, 15) is 5.11 Å². The molecule has 1 heterocycles. The van der Waals surface area contributed by atoms with Gasteiger partial charge in [-0.1, -0.05) is 41.4 Å². The second-order valence-electron chi connectivity index (χ2n) is 3.91. The number of rotatable bonds is 3. The summed E-state index contributed by atoms with van der Waals surface area (Å²) >= 11 is 12.0. The number of pyridine rings is 1. The number of hydrogen-bond acceptors (Lipinski definition) is 3. The van der Waals surface area contributed by atoms with Gasteiger partial charge in [0, 0.05) is 18.2 Å². The van der Waals surface area contributed by atoms with E-state index in [4.69, 9.17) is 28.9 Å². The standard InChI is InChI=1S/C13H12Cl2N2O/c14-10-5-1-4-9(12(10)15)11(18)7-8-3-2-6-17-13(8)16/h1-6,11,18H,7H2,(H2,16,17). The van der Waals surface area contributed by atoms with Crippen molar-refractivity contribution in [1.29, 1.82) is 0 Å². The Bertz CT molecular complexity index is 560. The molecule has 1 atom stereocenters. The van der Waals surface area contributed by atoms with Crippen LogP contribution in [0, 0.1) is 0 Å². The van der Waals surface area contributed by atoms with Crippen LogP contribution in [0.25, 0.3) is 0 Å². The number of anilines is 1. The highest BCUT2D eigenvalue weighted by molar-refractivity contribution is 6.42. The van der Waals surface area contributed by atoms with Gasteiger partial charge in [-0.3, -0.25) is 0 Å². The molecule has 1 aromatic carbocycles. The minimum Gasteiger partial charge on any atom is -0.388 e. The summed E-state index contributed by atoms with van der Waals surface area (Å²) in [5.41, 5.74) is 7.10. The van der Waals surface area contributed by atoms with E-state index >= 15 is 0 Å². The molecule has 18 heavy (non-hydrogen) atoms. The molecular formula is C13H12Cl2N2O. The molecule has 0 spiro atoms. The first-order valence-corrected chi connectivity index (χ1v) is 6.16. The van der Waals surface area contributed by atoms with Gasteiger partial charge in [0.05, 0.1) is 16.1 Å². The molecule has 0 saturated heterocycles. The number of aliphatic hydroxyl groups excluding tert-OH is 1. The van der Waals surface area contributed by atoms with Gasteiger partial charge in [-0.15, -0.1) is 0 Å². The van der Waals surface area contributed by atoms with Crippen LogP contribution in [0.1, 0.15) is 17.2 Å². The molecule has 0 saturated carbocycles. The Balaban J connectivity index is 2.25. The van der Waals surface area contributed by atoms with Crippen LogP contribution in [-0.4, -0.2) is 10.1 Å². The van der Waals surface area contributed by atoms with Gasteiger partial charge in [-0.25, -0.2) is 4.98 Å². The van der Waals surface area contributed by atoms with Crippen LogP contribution in [0.15, 0.2) is 36.5 Å². The molecule has 94 valence electrons. The lowest BCUT2D eigenvalue weighted by atomic mass is 10.0. The Hall–Kier alpha value is -1.29. The topological polar surface area (TPSA) is 59.1 Å². The molecule has 0 aliphatic rings. The van der Waals surface area contributed by atoms with Crippen LogP contribution >= 0.6 is 23.2 Å². The second kappa shape index (κ2) is 5.57. The van der Waals surface area contributed by atoms with Crippen LogP contribution in [0.5, 0.6) is 0 Å². The number of aromatic nitrogens is 1. The van der Waals surface area contributed by atoms with E-state index in [0.717, 1.165) is 5.56 Å². The zero-order valence-corrected chi connectivity index (χ0v) is 11.0. The summed E-state index contributed by atoms with van der Waals surface area (Å²) in [6.45, 7) is 0. The fourth-order valence-electron chi connectivity index (χ4n) is 1.72. The number of hydrogen-bond donors (Lipinski definition) is 2. The normalized spacial score (nSPS) is 12.4. The third-order valence-electron chi connectivity index (χ3n) is 2.68. The van der Waals surface area contributed by atoms with Crippen molar-refractivity contribution in [3.05, 3.63) is 57.7 Å². The first kappa shape index (κ1) is 13.1. The quantitative estimate of drug-likeness (QED) is 0.909. The largest absolute Gasteiger partial charge is 0.388 e. The maximum atomic E-state index is 10.2. The monoisotopic (exact) mass is 282 g/mol.